The van der Waals surface area contributed by atoms with Crippen LogP contribution in [0.15, 0.2) is 42.5 Å². The molecule has 2 amide bonds. The van der Waals surface area contributed by atoms with Crippen LogP contribution >= 0.6 is 34.2 Å². The molecule has 114 valence electrons. The van der Waals surface area contributed by atoms with Crippen LogP contribution in [0.5, 0.6) is 0 Å². The molecule has 2 aromatic carbocycles. The fourth-order valence-electron chi connectivity index (χ4n) is 1.68. The van der Waals surface area contributed by atoms with Crippen molar-refractivity contribution < 1.29 is 14.0 Å². The van der Waals surface area contributed by atoms with Gasteiger partial charge in [-0.25, -0.2) is 4.39 Å². The molecule has 7 heteroatoms. The molecular weight excluding hydrogens is 422 g/mol. The molecule has 2 N–H and O–H groups in total. The Balaban J connectivity index is 1.91. The van der Waals surface area contributed by atoms with Crippen molar-refractivity contribution in [3.8, 4) is 0 Å². The fraction of sp³-hybridized carbons (Fsp3) is 0.0667. The first kappa shape index (κ1) is 16.7. The molecule has 0 atom stereocenters. The number of benzene rings is 2. The van der Waals surface area contributed by atoms with Crippen molar-refractivity contribution in [1.29, 1.82) is 0 Å². The Morgan fingerprint density at radius 2 is 1.91 bits per heavy atom. The second kappa shape index (κ2) is 7.55. The third kappa shape index (κ3) is 4.41. The van der Waals surface area contributed by atoms with Gasteiger partial charge in [-0.15, -0.1) is 0 Å². The summed E-state index contributed by atoms with van der Waals surface area (Å²) in [6.45, 7) is -0.196. The summed E-state index contributed by atoms with van der Waals surface area (Å²) in [7, 11) is 0. The number of amides is 2. The lowest BCUT2D eigenvalue weighted by atomic mass is 10.2. The Bertz CT molecular complexity index is 724. The van der Waals surface area contributed by atoms with Crippen LogP contribution in [0.4, 0.5) is 10.1 Å². The van der Waals surface area contributed by atoms with Gasteiger partial charge in [-0.3, -0.25) is 9.59 Å². The first-order valence-electron chi connectivity index (χ1n) is 6.25. The SMILES string of the molecule is O=C(CNC(=O)c1ccccc1I)Nc1ccc(F)c(Cl)c1. The maximum Gasteiger partial charge on any atom is 0.252 e. The normalized spacial score (nSPS) is 10.1. The van der Waals surface area contributed by atoms with E-state index in [2.05, 4.69) is 10.6 Å². The van der Waals surface area contributed by atoms with Crippen molar-refractivity contribution in [3.05, 3.63) is 62.4 Å². The number of carbonyl (C=O) groups excluding carboxylic acids is 2. The highest BCUT2D eigenvalue weighted by molar-refractivity contribution is 14.1. The lowest BCUT2D eigenvalue weighted by molar-refractivity contribution is -0.115. The standard InChI is InChI=1S/C15H11ClFIN2O2/c16-11-7-9(5-6-12(11)17)20-14(21)8-19-15(22)10-3-1-2-4-13(10)18/h1-7H,8H2,(H,19,22)(H,20,21). The van der Waals surface area contributed by atoms with Crippen LogP contribution in [0.1, 0.15) is 10.4 Å². The van der Waals surface area contributed by atoms with Crippen LogP contribution in [0.3, 0.4) is 0 Å². The zero-order chi connectivity index (χ0) is 16.1. The van der Waals surface area contributed by atoms with Gasteiger partial charge in [0.05, 0.1) is 17.1 Å². The smallest absolute Gasteiger partial charge is 0.252 e. The van der Waals surface area contributed by atoms with E-state index in [1.54, 1.807) is 18.2 Å². The molecule has 0 spiro atoms. The van der Waals surface area contributed by atoms with Crippen molar-refractivity contribution in [2.45, 2.75) is 0 Å². The van der Waals surface area contributed by atoms with Crippen molar-refractivity contribution in [2.24, 2.45) is 0 Å². The molecule has 0 aliphatic heterocycles. The number of anilines is 1. The molecule has 0 aromatic heterocycles. The molecule has 0 aliphatic rings. The van der Waals surface area contributed by atoms with E-state index in [1.165, 1.54) is 12.1 Å². The van der Waals surface area contributed by atoms with Gasteiger partial charge in [0.2, 0.25) is 5.91 Å². The van der Waals surface area contributed by atoms with Crippen LogP contribution in [0, 0.1) is 9.39 Å². The number of carbonyl (C=O) groups is 2. The first-order valence-corrected chi connectivity index (χ1v) is 7.70. The predicted octanol–water partition coefficient (Wildman–Crippen LogP) is 3.45. The number of halogens is 3. The molecule has 0 aliphatic carbocycles. The Morgan fingerprint density at radius 3 is 2.59 bits per heavy atom. The van der Waals surface area contributed by atoms with Gasteiger partial charge in [-0.05, 0) is 52.9 Å². The molecular formula is C15H11ClFIN2O2. The molecule has 0 heterocycles. The maximum absolute atomic E-state index is 13.0. The number of hydrogen-bond donors (Lipinski definition) is 2. The summed E-state index contributed by atoms with van der Waals surface area (Å²) in [6, 6.07) is 10.9. The molecule has 0 radical (unpaired) electrons. The Morgan fingerprint density at radius 1 is 1.18 bits per heavy atom. The zero-order valence-electron chi connectivity index (χ0n) is 11.2. The Labute approximate surface area is 145 Å². The van der Waals surface area contributed by atoms with Gasteiger partial charge in [0.1, 0.15) is 5.82 Å². The van der Waals surface area contributed by atoms with Crippen molar-refractivity contribution in [3.63, 3.8) is 0 Å². The zero-order valence-corrected chi connectivity index (χ0v) is 14.1. The molecule has 22 heavy (non-hydrogen) atoms. The van der Waals surface area contributed by atoms with Gasteiger partial charge in [-0.2, -0.15) is 0 Å². The van der Waals surface area contributed by atoms with Gasteiger partial charge < -0.3 is 10.6 Å². The molecule has 0 unspecified atom stereocenters. The van der Waals surface area contributed by atoms with E-state index >= 15 is 0 Å². The quantitative estimate of drug-likeness (QED) is 0.727. The highest BCUT2D eigenvalue weighted by atomic mass is 127. The van der Waals surface area contributed by atoms with E-state index in [4.69, 9.17) is 11.6 Å². The predicted molar refractivity (Wildman–Crippen MR) is 91.5 cm³/mol. The second-order valence-electron chi connectivity index (χ2n) is 4.34. The molecule has 2 rings (SSSR count). The van der Waals surface area contributed by atoms with Crippen molar-refractivity contribution in [1.82, 2.24) is 5.32 Å². The van der Waals surface area contributed by atoms with E-state index in [1.807, 2.05) is 28.7 Å². The van der Waals surface area contributed by atoms with Gasteiger partial charge in [0, 0.05) is 9.26 Å². The van der Waals surface area contributed by atoms with Crippen LogP contribution in [0.2, 0.25) is 5.02 Å². The minimum atomic E-state index is -0.563. The highest BCUT2D eigenvalue weighted by Gasteiger charge is 2.11. The van der Waals surface area contributed by atoms with E-state index in [9.17, 15) is 14.0 Å². The average Bonchev–Trinajstić information content (AvgIpc) is 2.49. The van der Waals surface area contributed by atoms with E-state index in [0.29, 0.717) is 11.3 Å². The lowest BCUT2D eigenvalue weighted by Gasteiger charge is -2.08. The van der Waals surface area contributed by atoms with Crippen LogP contribution < -0.4 is 10.6 Å². The van der Waals surface area contributed by atoms with Gasteiger partial charge in [0.15, 0.2) is 0 Å². The minimum absolute atomic E-state index is 0.0827. The van der Waals surface area contributed by atoms with Crippen LogP contribution in [-0.2, 0) is 4.79 Å². The number of rotatable bonds is 4. The monoisotopic (exact) mass is 432 g/mol. The largest absolute Gasteiger partial charge is 0.343 e. The summed E-state index contributed by atoms with van der Waals surface area (Å²) >= 11 is 7.67. The third-order valence-corrected chi connectivity index (χ3v) is 3.96. The summed E-state index contributed by atoms with van der Waals surface area (Å²) in [6.07, 6.45) is 0. The first-order chi connectivity index (χ1) is 10.5. The third-order valence-electron chi connectivity index (χ3n) is 2.73. The second-order valence-corrected chi connectivity index (χ2v) is 5.91. The van der Waals surface area contributed by atoms with Gasteiger partial charge in [-0.1, -0.05) is 23.7 Å². The summed E-state index contributed by atoms with van der Waals surface area (Å²) in [5.41, 5.74) is 0.862. The van der Waals surface area contributed by atoms with E-state index in [0.717, 1.165) is 9.64 Å². The Hall–Kier alpha value is -1.67. The molecule has 0 saturated heterocycles. The Kier molecular flexibility index (Phi) is 5.73. The van der Waals surface area contributed by atoms with Crippen molar-refractivity contribution in [2.75, 3.05) is 11.9 Å². The van der Waals surface area contributed by atoms with E-state index in [-0.39, 0.29) is 17.5 Å². The number of nitrogens with one attached hydrogen (secondary N) is 2. The minimum Gasteiger partial charge on any atom is -0.343 e. The fourth-order valence-corrected chi connectivity index (χ4v) is 2.49. The summed E-state index contributed by atoms with van der Waals surface area (Å²) in [5.74, 6) is -1.33. The molecule has 4 nitrogen and oxygen atoms in total. The summed E-state index contributed by atoms with van der Waals surface area (Å²) in [4.78, 5) is 23.7. The van der Waals surface area contributed by atoms with Crippen molar-refractivity contribution >= 4 is 51.7 Å². The molecule has 2 aromatic rings. The maximum atomic E-state index is 13.0. The molecule has 0 fully saturated rings. The molecule has 0 saturated carbocycles. The lowest BCUT2D eigenvalue weighted by Crippen LogP contribution is -2.33. The topological polar surface area (TPSA) is 58.2 Å². The molecule has 0 bridgehead atoms. The average molecular weight is 433 g/mol. The van der Waals surface area contributed by atoms with Crippen LogP contribution in [-0.4, -0.2) is 18.4 Å². The van der Waals surface area contributed by atoms with Gasteiger partial charge in [0.25, 0.3) is 5.91 Å². The highest BCUT2D eigenvalue weighted by Crippen LogP contribution is 2.19. The van der Waals surface area contributed by atoms with Gasteiger partial charge >= 0.3 is 0 Å². The van der Waals surface area contributed by atoms with Crippen LogP contribution in [0.25, 0.3) is 0 Å². The summed E-state index contributed by atoms with van der Waals surface area (Å²) < 4.78 is 13.8. The van der Waals surface area contributed by atoms with E-state index < -0.39 is 11.7 Å². The summed E-state index contributed by atoms with van der Waals surface area (Å²) in [5, 5.41) is 4.97. The number of hydrogen-bond acceptors (Lipinski definition) is 2.